The van der Waals surface area contributed by atoms with Gasteiger partial charge < -0.3 is 4.57 Å². The summed E-state index contributed by atoms with van der Waals surface area (Å²) in [6.07, 6.45) is 9.18. The topological polar surface area (TPSA) is 70.5 Å². The zero-order chi connectivity index (χ0) is 24.9. The van der Waals surface area contributed by atoms with Crippen molar-refractivity contribution in [2.45, 2.75) is 6.54 Å². The summed E-state index contributed by atoms with van der Waals surface area (Å²) in [5.74, 6) is 0. The van der Waals surface area contributed by atoms with Crippen LogP contribution in [0.25, 0.3) is 49.7 Å². The molecule has 0 saturated heterocycles. The second-order valence-electron chi connectivity index (χ2n) is 9.22. The molecule has 0 aliphatic heterocycles. The summed E-state index contributed by atoms with van der Waals surface area (Å²) in [5, 5.41) is 2.01. The van der Waals surface area contributed by atoms with E-state index in [4.69, 9.17) is 0 Å². The molecule has 7 nitrogen and oxygen atoms in total. The Balaban J connectivity index is 1.40. The van der Waals surface area contributed by atoms with E-state index in [1.54, 1.807) is 34.9 Å². The first-order chi connectivity index (χ1) is 18.2. The average Bonchev–Trinajstić information content (AvgIpc) is 3.54. The Morgan fingerprint density at radius 1 is 0.838 bits per heavy atom. The van der Waals surface area contributed by atoms with Gasteiger partial charge in [0.15, 0.2) is 0 Å². The molecule has 0 fully saturated rings. The van der Waals surface area contributed by atoms with Crippen LogP contribution in [0.3, 0.4) is 0 Å². The monoisotopic (exact) mass is 482 g/mol. The Hall–Kier alpha value is -5.04. The van der Waals surface area contributed by atoms with Gasteiger partial charge in [-0.3, -0.25) is 19.1 Å². The maximum absolute atomic E-state index is 13.5. The van der Waals surface area contributed by atoms with E-state index in [0.717, 1.165) is 61.8 Å². The molecule has 0 amide bonds. The first kappa shape index (κ1) is 21.3. The van der Waals surface area contributed by atoms with Gasteiger partial charge in [0.25, 0.3) is 0 Å². The fraction of sp³-hybridized carbons (Fsp3) is 0.0667. The Morgan fingerprint density at radius 2 is 1.68 bits per heavy atom. The van der Waals surface area contributed by atoms with Crippen LogP contribution in [0.4, 0.5) is 0 Å². The Morgan fingerprint density at radius 3 is 2.51 bits per heavy atom. The molecular weight excluding hydrogens is 460 g/mol. The van der Waals surface area contributed by atoms with Gasteiger partial charge in [0.1, 0.15) is 0 Å². The van der Waals surface area contributed by atoms with Gasteiger partial charge in [0.05, 0.1) is 40.3 Å². The highest BCUT2D eigenvalue weighted by molar-refractivity contribution is 6.04. The molecule has 178 valence electrons. The van der Waals surface area contributed by atoms with Crippen LogP contribution < -0.4 is 5.69 Å². The van der Waals surface area contributed by atoms with Gasteiger partial charge in [0, 0.05) is 48.5 Å². The van der Waals surface area contributed by atoms with Crippen LogP contribution in [0.1, 0.15) is 5.56 Å². The number of benzene rings is 3. The van der Waals surface area contributed by atoms with Crippen LogP contribution in [-0.2, 0) is 13.6 Å². The fourth-order valence-electron chi connectivity index (χ4n) is 4.99. The van der Waals surface area contributed by atoms with Crippen LogP contribution in [0, 0.1) is 0 Å². The van der Waals surface area contributed by atoms with Crippen molar-refractivity contribution in [1.82, 2.24) is 28.7 Å². The van der Waals surface area contributed by atoms with Gasteiger partial charge in [-0.05, 0) is 47.5 Å². The second kappa shape index (κ2) is 8.27. The molecule has 0 spiro atoms. The summed E-state index contributed by atoms with van der Waals surface area (Å²) in [6, 6.07) is 24.5. The van der Waals surface area contributed by atoms with Crippen molar-refractivity contribution >= 4 is 32.8 Å². The fourth-order valence-corrected chi connectivity index (χ4v) is 4.99. The van der Waals surface area contributed by atoms with E-state index in [1.807, 2.05) is 53.4 Å². The molecule has 0 N–H and O–H groups in total. The molecule has 0 bridgehead atoms. The van der Waals surface area contributed by atoms with Crippen molar-refractivity contribution in [1.29, 1.82) is 0 Å². The Bertz CT molecular complexity index is 1980. The normalized spacial score (nSPS) is 11.6. The summed E-state index contributed by atoms with van der Waals surface area (Å²) in [6.45, 7) is 0.723. The van der Waals surface area contributed by atoms with Gasteiger partial charge in [0.2, 0.25) is 0 Å². The number of hydrogen-bond donors (Lipinski definition) is 0. The van der Waals surface area contributed by atoms with Crippen molar-refractivity contribution in [3.8, 4) is 16.8 Å². The van der Waals surface area contributed by atoms with Crippen molar-refractivity contribution in [3.05, 3.63) is 120 Å². The number of nitrogens with zero attached hydrogens (tertiary/aromatic N) is 6. The maximum Gasteiger partial charge on any atom is 0.333 e. The second-order valence-corrected chi connectivity index (χ2v) is 9.22. The molecule has 0 unspecified atom stereocenters. The summed E-state index contributed by atoms with van der Waals surface area (Å²) in [7, 11) is 1.79. The van der Waals surface area contributed by atoms with Gasteiger partial charge in [-0.2, -0.15) is 0 Å². The van der Waals surface area contributed by atoms with Crippen LogP contribution in [0.5, 0.6) is 0 Å². The van der Waals surface area contributed by atoms with Gasteiger partial charge in [-0.15, -0.1) is 0 Å². The van der Waals surface area contributed by atoms with E-state index in [0.29, 0.717) is 0 Å². The molecular formula is C30H22N6O. The number of para-hydroxylation sites is 1. The van der Waals surface area contributed by atoms with E-state index in [2.05, 4.69) is 51.4 Å². The van der Waals surface area contributed by atoms with Crippen molar-refractivity contribution < 1.29 is 0 Å². The SMILES string of the molecule is Cn1c(=O)n(-c2ccc(Cn3ccnc3)cc2)c2c3cc(-c4cnc5ccccc5c4)ccc3ncc21. The largest absolute Gasteiger partial charge is 0.333 e. The zero-order valence-corrected chi connectivity index (χ0v) is 20.1. The van der Waals surface area contributed by atoms with E-state index < -0.39 is 0 Å². The number of rotatable bonds is 4. The van der Waals surface area contributed by atoms with Crippen LogP contribution in [0.2, 0.25) is 0 Å². The van der Waals surface area contributed by atoms with Crippen LogP contribution >= 0.6 is 0 Å². The molecule has 0 aliphatic rings. The molecule has 0 saturated carbocycles. The first-order valence-corrected chi connectivity index (χ1v) is 12.1. The summed E-state index contributed by atoms with van der Waals surface area (Å²) in [5.41, 5.74) is 7.31. The van der Waals surface area contributed by atoms with E-state index in [1.165, 1.54) is 0 Å². The lowest BCUT2D eigenvalue weighted by Crippen LogP contribution is -2.20. The zero-order valence-electron chi connectivity index (χ0n) is 20.1. The molecule has 7 heteroatoms. The number of hydrogen-bond acceptors (Lipinski definition) is 4. The van der Waals surface area contributed by atoms with Gasteiger partial charge in [-0.25, -0.2) is 9.78 Å². The van der Waals surface area contributed by atoms with E-state index in [9.17, 15) is 4.79 Å². The Labute approximate surface area is 211 Å². The summed E-state index contributed by atoms with van der Waals surface area (Å²) >= 11 is 0. The number of aromatic nitrogens is 6. The third-order valence-corrected chi connectivity index (χ3v) is 6.93. The number of pyridine rings is 2. The van der Waals surface area contributed by atoms with Gasteiger partial charge in [-0.1, -0.05) is 36.4 Å². The first-order valence-electron chi connectivity index (χ1n) is 12.1. The molecule has 4 heterocycles. The lowest BCUT2D eigenvalue weighted by atomic mass is 10.0. The highest BCUT2D eigenvalue weighted by Gasteiger charge is 2.17. The summed E-state index contributed by atoms with van der Waals surface area (Å²) in [4.78, 5) is 26.9. The molecule has 37 heavy (non-hydrogen) atoms. The predicted molar refractivity (Wildman–Crippen MR) is 146 cm³/mol. The van der Waals surface area contributed by atoms with E-state index >= 15 is 0 Å². The van der Waals surface area contributed by atoms with Crippen LogP contribution in [0.15, 0.2) is 109 Å². The lowest BCUT2D eigenvalue weighted by Gasteiger charge is -2.09. The molecule has 7 aromatic rings. The highest BCUT2D eigenvalue weighted by atomic mass is 16.1. The lowest BCUT2D eigenvalue weighted by molar-refractivity contribution is 0.796. The maximum atomic E-state index is 13.5. The molecule has 0 aliphatic carbocycles. The minimum Gasteiger partial charge on any atom is -0.333 e. The molecule has 0 radical (unpaired) electrons. The average molecular weight is 483 g/mol. The van der Waals surface area contributed by atoms with Crippen molar-refractivity contribution in [2.24, 2.45) is 7.05 Å². The van der Waals surface area contributed by atoms with Crippen molar-refractivity contribution in [3.63, 3.8) is 0 Å². The van der Waals surface area contributed by atoms with E-state index in [-0.39, 0.29) is 5.69 Å². The quantitative estimate of drug-likeness (QED) is 0.340. The molecule has 4 aromatic heterocycles. The highest BCUT2D eigenvalue weighted by Crippen LogP contribution is 2.30. The minimum atomic E-state index is -0.107. The Kier molecular flexibility index (Phi) is 4.75. The predicted octanol–water partition coefficient (Wildman–Crippen LogP) is 5.34. The van der Waals surface area contributed by atoms with Crippen molar-refractivity contribution in [2.75, 3.05) is 0 Å². The number of fused-ring (bicyclic) bond motifs is 4. The smallest absolute Gasteiger partial charge is 0.333 e. The third-order valence-electron chi connectivity index (χ3n) is 6.93. The number of imidazole rings is 2. The molecule has 3 aromatic carbocycles. The third kappa shape index (κ3) is 3.51. The van der Waals surface area contributed by atoms with Gasteiger partial charge >= 0.3 is 5.69 Å². The standard InChI is InChI=1S/C30H22N6O/c1-34-28-17-33-27-11-8-21(23-14-22-4-2-3-5-26(22)32-16-23)15-25(27)29(28)36(30(34)37)24-9-6-20(7-10-24)18-35-13-12-31-19-35/h2-17,19H,18H2,1H3. The summed E-state index contributed by atoms with van der Waals surface area (Å²) < 4.78 is 5.45. The minimum absolute atomic E-state index is 0.107. The molecule has 0 atom stereocenters. The van der Waals surface area contributed by atoms with Crippen LogP contribution in [-0.4, -0.2) is 28.7 Å². The number of aryl methyl sites for hydroxylation is 1. The molecule has 7 rings (SSSR count).